The standard InChI is InChI=1S/C10H8BrN3O/c11-8-4-1-5-9(13-8)14-10(15)7-3-2-6-12-7/h1-6,12H,(H,13,14,15). The zero-order valence-electron chi connectivity index (χ0n) is 7.70. The van der Waals surface area contributed by atoms with E-state index in [1.807, 2.05) is 0 Å². The summed E-state index contributed by atoms with van der Waals surface area (Å²) in [4.78, 5) is 18.5. The van der Waals surface area contributed by atoms with Gasteiger partial charge in [0.2, 0.25) is 0 Å². The molecule has 0 unspecified atom stereocenters. The summed E-state index contributed by atoms with van der Waals surface area (Å²) in [6.45, 7) is 0. The summed E-state index contributed by atoms with van der Waals surface area (Å²) in [6, 6.07) is 8.80. The number of amides is 1. The van der Waals surface area contributed by atoms with Gasteiger partial charge in [0.05, 0.1) is 0 Å². The first kappa shape index (κ1) is 9.92. The zero-order chi connectivity index (χ0) is 10.7. The molecule has 0 saturated heterocycles. The average Bonchev–Trinajstić information content (AvgIpc) is 2.70. The number of halogens is 1. The number of carbonyl (C=O) groups excluding carboxylic acids is 1. The van der Waals surface area contributed by atoms with Gasteiger partial charge in [0.25, 0.3) is 5.91 Å². The van der Waals surface area contributed by atoms with Gasteiger partial charge in [-0.05, 0) is 40.2 Å². The third-order valence-electron chi connectivity index (χ3n) is 1.80. The Kier molecular flexibility index (Phi) is 2.82. The number of hydrogen-bond acceptors (Lipinski definition) is 2. The molecule has 15 heavy (non-hydrogen) atoms. The first-order valence-electron chi connectivity index (χ1n) is 4.33. The van der Waals surface area contributed by atoms with Gasteiger partial charge in [0, 0.05) is 6.20 Å². The van der Waals surface area contributed by atoms with E-state index in [0.29, 0.717) is 16.1 Å². The molecular weight excluding hydrogens is 258 g/mol. The predicted molar refractivity (Wildman–Crippen MR) is 60.7 cm³/mol. The number of aromatic amines is 1. The van der Waals surface area contributed by atoms with Crippen LogP contribution in [0.1, 0.15) is 10.5 Å². The summed E-state index contributed by atoms with van der Waals surface area (Å²) in [5, 5.41) is 2.67. The second kappa shape index (κ2) is 4.27. The van der Waals surface area contributed by atoms with Crippen LogP contribution in [0.3, 0.4) is 0 Å². The molecule has 0 radical (unpaired) electrons. The fourth-order valence-electron chi connectivity index (χ4n) is 1.13. The third kappa shape index (κ3) is 2.44. The van der Waals surface area contributed by atoms with Crippen LogP contribution in [0, 0.1) is 0 Å². The maximum absolute atomic E-state index is 11.6. The molecule has 2 aromatic heterocycles. The van der Waals surface area contributed by atoms with E-state index in [-0.39, 0.29) is 5.91 Å². The molecule has 5 heteroatoms. The molecule has 0 fully saturated rings. The fourth-order valence-corrected chi connectivity index (χ4v) is 1.48. The van der Waals surface area contributed by atoms with Crippen molar-refractivity contribution in [3.8, 4) is 0 Å². The van der Waals surface area contributed by atoms with E-state index in [1.165, 1.54) is 0 Å². The summed E-state index contributed by atoms with van der Waals surface area (Å²) >= 11 is 3.23. The van der Waals surface area contributed by atoms with Crippen molar-refractivity contribution in [3.63, 3.8) is 0 Å². The molecule has 0 saturated carbocycles. The van der Waals surface area contributed by atoms with Crippen LogP contribution in [-0.4, -0.2) is 15.9 Å². The maximum Gasteiger partial charge on any atom is 0.273 e. The predicted octanol–water partition coefficient (Wildman–Crippen LogP) is 2.42. The monoisotopic (exact) mass is 265 g/mol. The maximum atomic E-state index is 11.6. The van der Waals surface area contributed by atoms with E-state index in [2.05, 4.69) is 31.2 Å². The lowest BCUT2D eigenvalue weighted by atomic mass is 10.4. The lowest BCUT2D eigenvalue weighted by Crippen LogP contribution is -2.13. The molecule has 2 N–H and O–H groups in total. The number of H-pyrrole nitrogens is 1. The smallest absolute Gasteiger partial charge is 0.273 e. The van der Waals surface area contributed by atoms with Gasteiger partial charge in [-0.1, -0.05) is 6.07 Å². The Hall–Kier alpha value is -1.62. The van der Waals surface area contributed by atoms with Gasteiger partial charge in [-0.15, -0.1) is 0 Å². The third-order valence-corrected chi connectivity index (χ3v) is 2.24. The minimum atomic E-state index is -0.203. The summed E-state index contributed by atoms with van der Waals surface area (Å²) in [7, 11) is 0. The number of nitrogens with one attached hydrogen (secondary N) is 2. The van der Waals surface area contributed by atoms with E-state index >= 15 is 0 Å². The van der Waals surface area contributed by atoms with Gasteiger partial charge in [0.15, 0.2) is 0 Å². The summed E-state index contributed by atoms with van der Waals surface area (Å²) in [6.07, 6.45) is 1.70. The molecule has 0 aliphatic heterocycles. The Morgan fingerprint density at radius 2 is 2.20 bits per heavy atom. The molecule has 0 aliphatic carbocycles. The van der Waals surface area contributed by atoms with Crippen molar-refractivity contribution >= 4 is 27.7 Å². The number of anilines is 1. The molecule has 0 aliphatic rings. The molecule has 2 rings (SSSR count). The quantitative estimate of drug-likeness (QED) is 0.820. The molecule has 2 heterocycles. The van der Waals surface area contributed by atoms with E-state index in [0.717, 1.165) is 0 Å². The van der Waals surface area contributed by atoms with E-state index < -0.39 is 0 Å². The molecule has 0 bridgehead atoms. The Bertz CT molecular complexity index is 467. The lowest BCUT2D eigenvalue weighted by Gasteiger charge is -2.02. The van der Waals surface area contributed by atoms with Crippen LogP contribution in [0.4, 0.5) is 5.82 Å². The minimum absolute atomic E-state index is 0.203. The number of carbonyl (C=O) groups is 1. The highest BCUT2D eigenvalue weighted by molar-refractivity contribution is 9.10. The topological polar surface area (TPSA) is 57.8 Å². The first-order chi connectivity index (χ1) is 7.25. The van der Waals surface area contributed by atoms with Crippen molar-refractivity contribution in [1.82, 2.24) is 9.97 Å². The summed E-state index contributed by atoms with van der Waals surface area (Å²) < 4.78 is 0.687. The molecule has 0 atom stereocenters. The van der Waals surface area contributed by atoms with Crippen LogP contribution < -0.4 is 5.32 Å². The number of hydrogen-bond donors (Lipinski definition) is 2. The average molecular weight is 266 g/mol. The van der Waals surface area contributed by atoms with Crippen molar-refractivity contribution < 1.29 is 4.79 Å². The van der Waals surface area contributed by atoms with Crippen LogP contribution >= 0.6 is 15.9 Å². The molecule has 1 amide bonds. The van der Waals surface area contributed by atoms with Gasteiger partial charge >= 0.3 is 0 Å². The van der Waals surface area contributed by atoms with Crippen LogP contribution in [0.5, 0.6) is 0 Å². The number of nitrogens with zero attached hydrogens (tertiary/aromatic N) is 1. The number of pyridine rings is 1. The summed E-state index contributed by atoms with van der Waals surface area (Å²) in [5.41, 5.74) is 0.511. The SMILES string of the molecule is O=C(Nc1cccc(Br)n1)c1ccc[nH]1. The Labute approximate surface area is 94.9 Å². The van der Waals surface area contributed by atoms with Gasteiger partial charge < -0.3 is 10.3 Å². The first-order valence-corrected chi connectivity index (χ1v) is 5.12. The van der Waals surface area contributed by atoms with Crippen molar-refractivity contribution in [1.29, 1.82) is 0 Å². The Morgan fingerprint density at radius 3 is 2.87 bits per heavy atom. The molecule has 76 valence electrons. The second-order valence-corrected chi connectivity index (χ2v) is 3.70. The van der Waals surface area contributed by atoms with Crippen molar-refractivity contribution in [2.24, 2.45) is 0 Å². The number of rotatable bonds is 2. The molecular formula is C10H8BrN3O. The molecule has 0 aromatic carbocycles. The zero-order valence-corrected chi connectivity index (χ0v) is 9.28. The molecule has 4 nitrogen and oxygen atoms in total. The highest BCUT2D eigenvalue weighted by Crippen LogP contribution is 2.10. The van der Waals surface area contributed by atoms with Crippen LogP contribution in [0.25, 0.3) is 0 Å². The van der Waals surface area contributed by atoms with Crippen LogP contribution in [0.15, 0.2) is 41.1 Å². The summed E-state index contributed by atoms with van der Waals surface area (Å²) in [5.74, 6) is 0.314. The normalized spacial score (nSPS) is 9.93. The second-order valence-electron chi connectivity index (χ2n) is 2.88. The highest BCUT2D eigenvalue weighted by atomic mass is 79.9. The highest BCUT2D eigenvalue weighted by Gasteiger charge is 2.06. The van der Waals surface area contributed by atoms with E-state index in [4.69, 9.17) is 0 Å². The van der Waals surface area contributed by atoms with E-state index in [1.54, 1.807) is 36.5 Å². The van der Waals surface area contributed by atoms with Gasteiger partial charge in [-0.25, -0.2) is 4.98 Å². The Morgan fingerprint density at radius 1 is 1.33 bits per heavy atom. The van der Waals surface area contributed by atoms with Crippen molar-refractivity contribution in [3.05, 3.63) is 46.8 Å². The number of aromatic nitrogens is 2. The van der Waals surface area contributed by atoms with Gasteiger partial charge in [-0.2, -0.15) is 0 Å². The molecule has 2 aromatic rings. The van der Waals surface area contributed by atoms with Crippen LogP contribution in [-0.2, 0) is 0 Å². The Balaban J connectivity index is 2.13. The van der Waals surface area contributed by atoms with Crippen molar-refractivity contribution in [2.75, 3.05) is 5.32 Å². The minimum Gasteiger partial charge on any atom is -0.357 e. The van der Waals surface area contributed by atoms with Gasteiger partial charge in [0.1, 0.15) is 16.1 Å². The van der Waals surface area contributed by atoms with Gasteiger partial charge in [-0.3, -0.25) is 4.79 Å². The van der Waals surface area contributed by atoms with Crippen molar-refractivity contribution in [2.45, 2.75) is 0 Å². The largest absolute Gasteiger partial charge is 0.357 e. The van der Waals surface area contributed by atoms with Crippen LogP contribution in [0.2, 0.25) is 0 Å². The molecule has 0 spiro atoms. The lowest BCUT2D eigenvalue weighted by molar-refractivity contribution is 0.102. The fraction of sp³-hybridized carbons (Fsp3) is 0. The van der Waals surface area contributed by atoms with E-state index in [9.17, 15) is 4.79 Å².